The minimum Gasteiger partial charge on any atom is -0.370 e. The third-order valence-electron chi connectivity index (χ3n) is 4.18. The molecular formula is C16H24ClN3. The molecule has 20 heavy (non-hydrogen) atoms. The van der Waals surface area contributed by atoms with Gasteiger partial charge in [0.25, 0.3) is 0 Å². The van der Waals surface area contributed by atoms with Crippen LogP contribution in [0.2, 0.25) is 5.02 Å². The molecule has 0 aromatic heterocycles. The Labute approximate surface area is 126 Å². The molecule has 0 heterocycles. The Morgan fingerprint density at radius 2 is 1.85 bits per heavy atom. The van der Waals surface area contributed by atoms with Crippen LogP contribution in [0, 0.1) is 0 Å². The number of guanidine groups is 1. The minimum atomic E-state index is 0.194. The second kappa shape index (κ2) is 6.98. The molecule has 3 nitrogen and oxygen atoms in total. The first-order valence-corrected chi connectivity index (χ1v) is 7.77. The summed E-state index contributed by atoms with van der Waals surface area (Å²) in [6.07, 6.45) is 6.23. The maximum absolute atomic E-state index is 6.17. The summed E-state index contributed by atoms with van der Waals surface area (Å²) in [4.78, 5) is 6.73. The Hall–Kier alpha value is -1.22. The van der Waals surface area contributed by atoms with Crippen molar-refractivity contribution in [1.29, 1.82) is 0 Å². The van der Waals surface area contributed by atoms with Gasteiger partial charge in [-0.05, 0) is 37.5 Å². The lowest BCUT2D eigenvalue weighted by Gasteiger charge is -2.28. The van der Waals surface area contributed by atoms with Crippen LogP contribution in [0.3, 0.4) is 0 Å². The fourth-order valence-electron chi connectivity index (χ4n) is 2.65. The first-order valence-electron chi connectivity index (χ1n) is 7.39. The van der Waals surface area contributed by atoms with Crippen molar-refractivity contribution in [2.45, 2.75) is 51.1 Å². The molecule has 0 radical (unpaired) electrons. The van der Waals surface area contributed by atoms with E-state index in [0.717, 1.165) is 5.02 Å². The van der Waals surface area contributed by atoms with E-state index in [4.69, 9.17) is 22.3 Å². The predicted molar refractivity (Wildman–Crippen MR) is 86.1 cm³/mol. The van der Waals surface area contributed by atoms with Gasteiger partial charge >= 0.3 is 0 Å². The molecule has 1 fully saturated rings. The van der Waals surface area contributed by atoms with Crippen molar-refractivity contribution in [2.24, 2.45) is 10.7 Å². The quantitative estimate of drug-likeness (QED) is 0.676. The summed E-state index contributed by atoms with van der Waals surface area (Å²) >= 11 is 5.93. The van der Waals surface area contributed by atoms with Crippen LogP contribution < -0.4 is 5.73 Å². The summed E-state index contributed by atoms with van der Waals surface area (Å²) < 4.78 is 0. The molecule has 0 amide bonds. The second-order valence-electron chi connectivity index (χ2n) is 5.62. The molecule has 1 aromatic carbocycles. The lowest BCUT2D eigenvalue weighted by Crippen LogP contribution is -2.37. The van der Waals surface area contributed by atoms with Crippen LogP contribution in [0.15, 0.2) is 29.3 Å². The van der Waals surface area contributed by atoms with Crippen LogP contribution in [0.5, 0.6) is 0 Å². The van der Waals surface area contributed by atoms with E-state index < -0.39 is 0 Å². The van der Waals surface area contributed by atoms with Crippen molar-refractivity contribution >= 4 is 17.6 Å². The average molecular weight is 294 g/mol. The van der Waals surface area contributed by atoms with E-state index >= 15 is 0 Å². The number of hydrogen-bond donors (Lipinski definition) is 1. The van der Waals surface area contributed by atoms with Gasteiger partial charge in [0.2, 0.25) is 0 Å². The number of benzene rings is 1. The minimum absolute atomic E-state index is 0.194. The zero-order valence-electron chi connectivity index (χ0n) is 12.3. The third-order valence-corrected chi connectivity index (χ3v) is 4.44. The van der Waals surface area contributed by atoms with Gasteiger partial charge in [0, 0.05) is 12.1 Å². The first-order chi connectivity index (χ1) is 9.58. The van der Waals surface area contributed by atoms with Gasteiger partial charge in [-0.25, -0.2) is 4.99 Å². The van der Waals surface area contributed by atoms with Crippen LogP contribution in [0.1, 0.15) is 50.6 Å². The maximum atomic E-state index is 6.17. The molecule has 1 saturated carbocycles. The highest BCUT2D eigenvalue weighted by Gasteiger charge is 2.17. The summed E-state index contributed by atoms with van der Waals surface area (Å²) in [5, 5.41) is 0.757. The number of rotatable bonds is 3. The van der Waals surface area contributed by atoms with Gasteiger partial charge in [-0.15, -0.1) is 0 Å². The zero-order chi connectivity index (χ0) is 14.5. The van der Waals surface area contributed by atoms with E-state index in [1.165, 1.54) is 37.7 Å². The van der Waals surface area contributed by atoms with Gasteiger partial charge in [0.1, 0.15) is 0 Å². The Morgan fingerprint density at radius 3 is 2.45 bits per heavy atom. The van der Waals surface area contributed by atoms with Crippen LogP contribution in [-0.2, 0) is 0 Å². The van der Waals surface area contributed by atoms with Gasteiger partial charge < -0.3 is 10.6 Å². The van der Waals surface area contributed by atoms with Crippen molar-refractivity contribution in [1.82, 2.24) is 4.90 Å². The third kappa shape index (κ3) is 3.89. The van der Waals surface area contributed by atoms with Gasteiger partial charge in [-0.1, -0.05) is 43.0 Å². The molecule has 1 aromatic rings. The molecule has 0 spiro atoms. The number of hydrogen-bond acceptors (Lipinski definition) is 1. The van der Waals surface area contributed by atoms with E-state index in [2.05, 4.69) is 6.92 Å². The average Bonchev–Trinajstić information content (AvgIpc) is 2.47. The molecule has 2 N–H and O–H groups in total. The monoisotopic (exact) mass is 293 g/mol. The van der Waals surface area contributed by atoms with Gasteiger partial charge in [0.15, 0.2) is 5.96 Å². The topological polar surface area (TPSA) is 41.6 Å². The fraction of sp³-hybridized carbons (Fsp3) is 0.562. The fourth-order valence-corrected chi connectivity index (χ4v) is 2.78. The van der Waals surface area contributed by atoms with E-state index in [0.29, 0.717) is 12.0 Å². The molecule has 0 aliphatic heterocycles. The van der Waals surface area contributed by atoms with Gasteiger partial charge in [0.05, 0.1) is 12.1 Å². The van der Waals surface area contributed by atoms with Crippen LogP contribution in [0.25, 0.3) is 0 Å². The van der Waals surface area contributed by atoms with Gasteiger partial charge in [-0.3, -0.25) is 0 Å². The smallest absolute Gasteiger partial charge is 0.191 e. The van der Waals surface area contributed by atoms with Crippen LogP contribution in [0.4, 0.5) is 0 Å². The zero-order valence-corrected chi connectivity index (χ0v) is 13.1. The Bertz CT molecular complexity index is 449. The summed E-state index contributed by atoms with van der Waals surface area (Å²) in [6.45, 7) is 2.13. The predicted octanol–water partition coefficient (Wildman–Crippen LogP) is 3.98. The molecule has 1 aliphatic carbocycles. The van der Waals surface area contributed by atoms with E-state index in [1.54, 1.807) is 0 Å². The highest BCUT2D eigenvalue weighted by molar-refractivity contribution is 6.30. The molecule has 0 saturated heterocycles. The first kappa shape index (κ1) is 15.2. The largest absolute Gasteiger partial charge is 0.370 e. The SMILES string of the molecule is CC(c1ccc(Cl)cc1)N(C)C(N)=NC1CCCCC1. The Morgan fingerprint density at radius 1 is 1.25 bits per heavy atom. The molecule has 1 unspecified atom stereocenters. The van der Waals surface area contributed by atoms with E-state index in [-0.39, 0.29) is 6.04 Å². The highest BCUT2D eigenvalue weighted by atomic mass is 35.5. The number of nitrogens with zero attached hydrogens (tertiary/aromatic N) is 2. The summed E-state index contributed by atoms with van der Waals surface area (Å²) in [5.41, 5.74) is 7.36. The van der Waals surface area contributed by atoms with Crippen LogP contribution in [-0.4, -0.2) is 23.9 Å². The van der Waals surface area contributed by atoms with Crippen molar-refractivity contribution in [3.63, 3.8) is 0 Å². The highest BCUT2D eigenvalue weighted by Crippen LogP contribution is 2.23. The molecule has 1 aliphatic rings. The standard InChI is InChI=1S/C16H24ClN3/c1-12(13-8-10-14(17)11-9-13)20(2)16(18)19-15-6-4-3-5-7-15/h8-12,15H,3-7H2,1-2H3,(H2,18,19). The normalized spacial score (nSPS) is 18.9. The molecular weight excluding hydrogens is 270 g/mol. The molecule has 0 bridgehead atoms. The number of halogens is 1. The van der Waals surface area contributed by atoms with Gasteiger partial charge in [-0.2, -0.15) is 0 Å². The molecule has 1 atom stereocenters. The van der Waals surface area contributed by atoms with Crippen molar-refractivity contribution in [3.8, 4) is 0 Å². The van der Waals surface area contributed by atoms with E-state index in [9.17, 15) is 0 Å². The lowest BCUT2D eigenvalue weighted by atomic mass is 9.96. The van der Waals surface area contributed by atoms with E-state index in [1.807, 2.05) is 36.2 Å². The number of aliphatic imine (C=N–C) groups is 1. The summed E-state index contributed by atoms with van der Waals surface area (Å²) in [5.74, 6) is 0.638. The van der Waals surface area contributed by atoms with Crippen molar-refractivity contribution in [2.75, 3.05) is 7.05 Å². The van der Waals surface area contributed by atoms with Crippen molar-refractivity contribution in [3.05, 3.63) is 34.9 Å². The van der Waals surface area contributed by atoms with Crippen molar-refractivity contribution < 1.29 is 0 Å². The molecule has 2 rings (SSSR count). The summed E-state index contributed by atoms with van der Waals surface area (Å²) in [7, 11) is 2.00. The second-order valence-corrected chi connectivity index (χ2v) is 6.05. The maximum Gasteiger partial charge on any atom is 0.191 e. The summed E-state index contributed by atoms with van der Waals surface area (Å²) in [6, 6.07) is 8.50. The van der Waals surface area contributed by atoms with Crippen LogP contribution >= 0.6 is 11.6 Å². The lowest BCUT2D eigenvalue weighted by molar-refractivity contribution is 0.384. The molecule has 110 valence electrons. The Kier molecular flexibility index (Phi) is 5.30. The Balaban J connectivity index is 2.03. The number of nitrogens with two attached hydrogens (primary N) is 1. The molecule has 4 heteroatoms.